The third-order valence-corrected chi connectivity index (χ3v) is 4.25. The van der Waals surface area contributed by atoms with Gasteiger partial charge in [0.2, 0.25) is 0 Å². The molecule has 1 saturated heterocycles. The van der Waals surface area contributed by atoms with Gasteiger partial charge in [0, 0.05) is 18.7 Å². The Hall–Kier alpha value is -2.27. The molecular formula is C18H24N4O. The number of pyridine rings is 1. The second kappa shape index (κ2) is 6.87. The number of nitrogens with two attached hydrogens (primary N) is 1. The molecule has 0 amide bonds. The van der Waals surface area contributed by atoms with Gasteiger partial charge in [0.15, 0.2) is 0 Å². The molecule has 3 N–H and O–H groups in total. The first-order chi connectivity index (χ1) is 11.1. The van der Waals surface area contributed by atoms with E-state index in [4.69, 9.17) is 10.5 Å². The fraction of sp³-hybridized carbons (Fsp3) is 0.389. The molecule has 0 bridgehead atoms. The largest absolute Gasteiger partial charge is 0.396 e. The van der Waals surface area contributed by atoms with Crippen LogP contribution in [0, 0.1) is 0 Å². The average Bonchev–Trinajstić information content (AvgIpc) is 2.58. The molecule has 0 radical (unpaired) electrons. The van der Waals surface area contributed by atoms with Gasteiger partial charge in [-0.15, -0.1) is 0 Å². The van der Waals surface area contributed by atoms with Crippen LogP contribution in [-0.2, 0) is 4.74 Å². The first-order valence-corrected chi connectivity index (χ1v) is 8.06. The molecule has 5 heteroatoms. The van der Waals surface area contributed by atoms with Crippen molar-refractivity contribution in [3.05, 3.63) is 48.2 Å². The first-order valence-electron chi connectivity index (χ1n) is 8.06. The number of morpholine rings is 1. The van der Waals surface area contributed by atoms with Crippen LogP contribution in [0.3, 0.4) is 0 Å². The number of rotatable bonds is 4. The van der Waals surface area contributed by atoms with Crippen LogP contribution in [0.4, 0.5) is 17.2 Å². The van der Waals surface area contributed by atoms with Gasteiger partial charge in [0.05, 0.1) is 36.8 Å². The topological polar surface area (TPSA) is 63.4 Å². The molecule has 1 aromatic carbocycles. The van der Waals surface area contributed by atoms with Gasteiger partial charge in [-0.05, 0) is 19.4 Å². The smallest absolute Gasteiger partial charge is 0.131 e. The van der Waals surface area contributed by atoms with Crippen molar-refractivity contribution in [2.75, 3.05) is 35.7 Å². The summed E-state index contributed by atoms with van der Waals surface area (Å²) in [5.74, 6) is 0.942. The van der Waals surface area contributed by atoms with Crippen molar-refractivity contribution in [3.8, 4) is 0 Å². The fourth-order valence-electron chi connectivity index (χ4n) is 2.86. The van der Waals surface area contributed by atoms with Crippen molar-refractivity contribution in [1.29, 1.82) is 0 Å². The average molecular weight is 312 g/mol. The number of anilines is 3. The van der Waals surface area contributed by atoms with E-state index in [0.717, 1.165) is 31.3 Å². The molecule has 1 aliphatic rings. The fourth-order valence-corrected chi connectivity index (χ4v) is 2.86. The molecule has 1 aromatic heterocycles. The van der Waals surface area contributed by atoms with E-state index in [2.05, 4.69) is 41.2 Å². The van der Waals surface area contributed by atoms with E-state index in [1.807, 2.05) is 24.3 Å². The molecule has 1 aliphatic heterocycles. The Bertz CT molecular complexity index is 647. The maximum absolute atomic E-state index is 6.11. The maximum atomic E-state index is 6.11. The van der Waals surface area contributed by atoms with Gasteiger partial charge in [-0.2, -0.15) is 0 Å². The van der Waals surface area contributed by atoms with E-state index in [1.165, 1.54) is 5.56 Å². The number of benzene rings is 1. The molecule has 0 saturated carbocycles. The second-order valence-corrected chi connectivity index (χ2v) is 6.02. The molecule has 0 spiro atoms. The molecule has 2 atom stereocenters. The lowest BCUT2D eigenvalue weighted by molar-refractivity contribution is 0.0985. The molecule has 2 heterocycles. The highest BCUT2D eigenvalue weighted by atomic mass is 16.5. The van der Waals surface area contributed by atoms with Gasteiger partial charge in [-0.1, -0.05) is 30.3 Å². The summed E-state index contributed by atoms with van der Waals surface area (Å²) < 4.78 is 5.50. The lowest BCUT2D eigenvalue weighted by Gasteiger charge is -2.34. The van der Waals surface area contributed by atoms with E-state index in [1.54, 1.807) is 6.20 Å². The van der Waals surface area contributed by atoms with E-state index >= 15 is 0 Å². The normalized spacial score (nSPS) is 19.4. The van der Waals surface area contributed by atoms with E-state index < -0.39 is 0 Å². The zero-order valence-corrected chi connectivity index (χ0v) is 13.7. The van der Waals surface area contributed by atoms with Crippen molar-refractivity contribution in [2.24, 2.45) is 0 Å². The second-order valence-electron chi connectivity index (χ2n) is 6.02. The quantitative estimate of drug-likeness (QED) is 0.908. The minimum absolute atomic E-state index is 0.177. The number of nitrogens with one attached hydrogen (secondary N) is 1. The standard InChI is InChI=1S/C18H24N4O/c1-13-12-23-9-8-22(13)18-10-17(16(19)11-20-18)21-14(2)15-6-4-3-5-7-15/h3-7,10-11,13-14H,8-9,12,19H2,1-2H3,(H,20,21)/t13-,14?/m0/s1. The lowest BCUT2D eigenvalue weighted by Crippen LogP contribution is -2.44. The van der Waals surface area contributed by atoms with Gasteiger partial charge in [0.25, 0.3) is 0 Å². The summed E-state index contributed by atoms with van der Waals surface area (Å²) in [5.41, 5.74) is 8.92. The van der Waals surface area contributed by atoms with Crippen LogP contribution in [0.1, 0.15) is 25.5 Å². The van der Waals surface area contributed by atoms with E-state index in [0.29, 0.717) is 11.7 Å². The summed E-state index contributed by atoms with van der Waals surface area (Å²) in [7, 11) is 0. The van der Waals surface area contributed by atoms with Crippen molar-refractivity contribution < 1.29 is 4.74 Å². The molecule has 0 aliphatic carbocycles. The molecule has 5 nitrogen and oxygen atoms in total. The van der Waals surface area contributed by atoms with Crippen LogP contribution in [0.2, 0.25) is 0 Å². The minimum atomic E-state index is 0.177. The van der Waals surface area contributed by atoms with Crippen molar-refractivity contribution in [3.63, 3.8) is 0 Å². The Morgan fingerprint density at radius 3 is 2.87 bits per heavy atom. The van der Waals surface area contributed by atoms with Gasteiger partial charge in [-0.25, -0.2) is 4.98 Å². The summed E-state index contributed by atoms with van der Waals surface area (Å²) in [6, 6.07) is 12.9. The third kappa shape index (κ3) is 3.56. The van der Waals surface area contributed by atoms with Crippen LogP contribution in [0.5, 0.6) is 0 Å². The number of aromatic nitrogens is 1. The van der Waals surface area contributed by atoms with Crippen molar-refractivity contribution in [1.82, 2.24) is 4.98 Å². The van der Waals surface area contributed by atoms with Crippen LogP contribution in [0.15, 0.2) is 42.6 Å². The lowest BCUT2D eigenvalue weighted by atomic mass is 10.1. The van der Waals surface area contributed by atoms with Crippen molar-refractivity contribution >= 4 is 17.2 Å². The van der Waals surface area contributed by atoms with Crippen LogP contribution >= 0.6 is 0 Å². The highest BCUT2D eigenvalue weighted by Gasteiger charge is 2.21. The predicted molar refractivity (Wildman–Crippen MR) is 94.8 cm³/mol. The zero-order valence-electron chi connectivity index (χ0n) is 13.7. The van der Waals surface area contributed by atoms with Crippen molar-refractivity contribution in [2.45, 2.75) is 25.9 Å². The number of hydrogen-bond donors (Lipinski definition) is 2. The van der Waals surface area contributed by atoms with Gasteiger partial charge >= 0.3 is 0 Å². The summed E-state index contributed by atoms with van der Waals surface area (Å²) in [6.45, 7) is 6.60. The molecule has 1 fully saturated rings. The highest BCUT2D eigenvalue weighted by molar-refractivity contribution is 5.70. The third-order valence-electron chi connectivity index (χ3n) is 4.25. The SMILES string of the molecule is CC(Nc1cc(N2CCOC[C@@H]2C)ncc1N)c1ccccc1. The van der Waals surface area contributed by atoms with Crippen LogP contribution in [0.25, 0.3) is 0 Å². The first kappa shape index (κ1) is 15.6. The summed E-state index contributed by atoms with van der Waals surface area (Å²) in [5, 5.41) is 3.50. The van der Waals surface area contributed by atoms with Gasteiger partial charge in [0.1, 0.15) is 5.82 Å². The molecule has 2 aromatic rings. The number of ether oxygens (including phenoxy) is 1. The Morgan fingerprint density at radius 1 is 1.35 bits per heavy atom. The predicted octanol–water partition coefficient (Wildman–Crippen LogP) is 3.06. The summed E-state index contributed by atoms with van der Waals surface area (Å²) in [6.07, 6.45) is 1.73. The Balaban J connectivity index is 1.80. The number of nitrogens with zero attached hydrogens (tertiary/aromatic N) is 2. The highest BCUT2D eigenvalue weighted by Crippen LogP contribution is 2.28. The molecule has 1 unspecified atom stereocenters. The van der Waals surface area contributed by atoms with E-state index in [9.17, 15) is 0 Å². The molecular weight excluding hydrogens is 288 g/mol. The van der Waals surface area contributed by atoms with Gasteiger partial charge < -0.3 is 20.7 Å². The number of hydrogen-bond acceptors (Lipinski definition) is 5. The summed E-state index contributed by atoms with van der Waals surface area (Å²) >= 11 is 0. The summed E-state index contributed by atoms with van der Waals surface area (Å²) in [4.78, 5) is 6.76. The molecule has 122 valence electrons. The molecule has 3 rings (SSSR count). The van der Waals surface area contributed by atoms with E-state index in [-0.39, 0.29) is 6.04 Å². The van der Waals surface area contributed by atoms with Crippen LogP contribution in [-0.4, -0.2) is 30.8 Å². The molecule has 23 heavy (non-hydrogen) atoms. The van der Waals surface area contributed by atoms with Gasteiger partial charge in [-0.3, -0.25) is 0 Å². The Kier molecular flexibility index (Phi) is 4.67. The Labute approximate surface area is 137 Å². The monoisotopic (exact) mass is 312 g/mol. The number of nitrogen functional groups attached to an aromatic ring is 1. The Morgan fingerprint density at radius 2 is 2.13 bits per heavy atom. The zero-order chi connectivity index (χ0) is 16.2. The minimum Gasteiger partial charge on any atom is -0.396 e. The van der Waals surface area contributed by atoms with Crippen LogP contribution < -0.4 is 16.0 Å². The maximum Gasteiger partial charge on any atom is 0.131 e.